The van der Waals surface area contributed by atoms with Crippen LogP contribution in [0.15, 0.2) is 36.5 Å². The number of imidazole rings is 1. The largest absolute Gasteiger partial charge is 0.394 e. The number of hydrogen-bond acceptors (Lipinski definition) is 8. The van der Waals surface area contributed by atoms with E-state index in [9.17, 15) is 15.3 Å². The van der Waals surface area contributed by atoms with Crippen LogP contribution in [0.2, 0.25) is 0 Å². The molecule has 0 amide bonds. The van der Waals surface area contributed by atoms with Crippen LogP contribution < -0.4 is 5.32 Å². The molecule has 1 fully saturated rings. The van der Waals surface area contributed by atoms with Crippen molar-refractivity contribution in [3.05, 3.63) is 36.5 Å². The number of ether oxygens (including phenoxy) is 1. The molecule has 0 aromatic carbocycles. The van der Waals surface area contributed by atoms with Crippen molar-refractivity contribution < 1.29 is 20.1 Å². The fourth-order valence-corrected chi connectivity index (χ4v) is 3.10. The molecule has 1 unspecified atom stereocenters. The molecule has 1 saturated heterocycles. The first-order chi connectivity index (χ1) is 12.2. The number of aromatic nitrogens is 4. The van der Waals surface area contributed by atoms with E-state index in [0.29, 0.717) is 23.5 Å². The fourth-order valence-electron chi connectivity index (χ4n) is 3.10. The van der Waals surface area contributed by atoms with E-state index in [-0.39, 0.29) is 6.61 Å². The van der Waals surface area contributed by atoms with Crippen molar-refractivity contribution >= 4 is 17.0 Å². The minimum atomic E-state index is -1.19. The first kappa shape index (κ1) is 16.2. The maximum absolute atomic E-state index is 10.2. The summed E-state index contributed by atoms with van der Waals surface area (Å²) in [6.07, 6.45) is 6.02. The van der Waals surface area contributed by atoms with Gasteiger partial charge in [0.1, 0.15) is 24.6 Å². The van der Waals surface area contributed by atoms with E-state index in [1.165, 1.54) is 18.2 Å². The molecule has 2 aromatic heterocycles. The standard InChI is InChI=1S/C16H19N5O4/c22-6-10-12(23)13(24)16(25-10)21-8-20-11-14(18-7-19-15(11)21)17-5-9-3-1-2-4-9/h1,3-4,7-8,10,12-13,16,22-24H,2,5-6H2,(H,17,18,19)/t10-,12?,13+,16-/m1/s1. The number of anilines is 1. The molecule has 4 rings (SSSR count). The van der Waals surface area contributed by atoms with Crippen LogP contribution in [0.4, 0.5) is 5.82 Å². The zero-order chi connectivity index (χ0) is 17.4. The predicted octanol–water partition coefficient (Wildman–Crippen LogP) is -0.264. The lowest BCUT2D eigenvalue weighted by Gasteiger charge is -2.16. The van der Waals surface area contributed by atoms with Gasteiger partial charge in [0.2, 0.25) is 0 Å². The average Bonchev–Trinajstić information content (AvgIpc) is 3.34. The van der Waals surface area contributed by atoms with E-state index in [2.05, 4.69) is 38.5 Å². The Balaban J connectivity index is 1.61. The maximum Gasteiger partial charge on any atom is 0.167 e. The van der Waals surface area contributed by atoms with E-state index in [0.717, 1.165) is 6.42 Å². The Kier molecular flexibility index (Phi) is 4.22. The molecule has 9 heteroatoms. The molecule has 1 aliphatic carbocycles. The van der Waals surface area contributed by atoms with Gasteiger partial charge in [0, 0.05) is 6.54 Å². The van der Waals surface area contributed by atoms with E-state index in [1.54, 1.807) is 4.57 Å². The maximum atomic E-state index is 10.2. The third-order valence-electron chi connectivity index (χ3n) is 4.46. The summed E-state index contributed by atoms with van der Waals surface area (Å²) in [5, 5.41) is 32.6. The van der Waals surface area contributed by atoms with Crippen LogP contribution in [0.1, 0.15) is 12.6 Å². The van der Waals surface area contributed by atoms with E-state index < -0.39 is 24.5 Å². The predicted molar refractivity (Wildman–Crippen MR) is 88.7 cm³/mol. The molecule has 0 saturated carbocycles. The van der Waals surface area contributed by atoms with Gasteiger partial charge < -0.3 is 25.4 Å². The second-order valence-electron chi connectivity index (χ2n) is 6.05. The number of nitrogens with zero attached hydrogens (tertiary/aromatic N) is 4. The highest BCUT2D eigenvalue weighted by Gasteiger charge is 2.44. The summed E-state index contributed by atoms with van der Waals surface area (Å²) >= 11 is 0. The first-order valence-electron chi connectivity index (χ1n) is 8.08. The fraction of sp³-hybridized carbons (Fsp3) is 0.438. The topological polar surface area (TPSA) is 126 Å². The molecule has 2 aromatic rings. The monoisotopic (exact) mass is 345 g/mol. The van der Waals surface area contributed by atoms with Gasteiger partial charge in [-0.05, 0) is 12.0 Å². The third kappa shape index (κ3) is 2.81. The number of hydrogen-bond donors (Lipinski definition) is 4. The van der Waals surface area contributed by atoms with Crippen LogP contribution in [0, 0.1) is 0 Å². The Hall–Kier alpha value is -2.33. The summed E-state index contributed by atoms with van der Waals surface area (Å²) in [5.74, 6) is 0.580. The second-order valence-corrected chi connectivity index (χ2v) is 6.05. The second kappa shape index (κ2) is 6.52. The Bertz CT molecular complexity index is 833. The van der Waals surface area contributed by atoms with Crippen molar-refractivity contribution in [2.45, 2.75) is 31.0 Å². The normalized spacial score (nSPS) is 28.7. The molecule has 4 N–H and O–H groups in total. The molecular formula is C16H19N5O4. The van der Waals surface area contributed by atoms with Gasteiger partial charge in [0.25, 0.3) is 0 Å². The van der Waals surface area contributed by atoms with Crippen LogP contribution in [-0.4, -0.2) is 66.3 Å². The van der Waals surface area contributed by atoms with Crippen molar-refractivity contribution in [1.82, 2.24) is 19.5 Å². The van der Waals surface area contributed by atoms with Gasteiger partial charge in [-0.15, -0.1) is 0 Å². The summed E-state index contributed by atoms with van der Waals surface area (Å²) < 4.78 is 7.08. The van der Waals surface area contributed by atoms with Gasteiger partial charge >= 0.3 is 0 Å². The molecular weight excluding hydrogens is 326 g/mol. The van der Waals surface area contributed by atoms with Crippen LogP contribution in [0.25, 0.3) is 11.2 Å². The number of allylic oxidation sites excluding steroid dienone is 2. The smallest absolute Gasteiger partial charge is 0.167 e. The lowest BCUT2D eigenvalue weighted by molar-refractivity contribution is -0.0511. The Morgan fingerprint density at radius 1 is 1.24 bits per heavy atom. The van der Waals surface area contributed by atoms with E-state index >= 15 is 0 Å². The Morgan fingerprint density at radius 3 is 2.84 bits per heavy atom. The minimum absolute atomic E-state index is 0.383. The van der Waals surface area contributed by atoms with Crippen molar-refractivity contribution in [2.75, 3.05) is 18.5 Å². The van der Waals surface area contributed by atoms with Crippen molar-refractivity contribution in [1.29, 1.82) is 0 Å². The minimum Gasteiger partial charge on any atom is -0.394 e. The Labute approximate surface area is 143 Å². The highest BCUT2D eigenvalue weighted by molar-refractivity contribution is 5.82. The molecule has 0 radical (unpaired) electrons. The molecule has 25 heavy (non-hydrogen) atoms. The molecule has 0 bridgehead atoms. The third-order valence-corrected chi connectivity index (χ3v) is 4.46. The summed E-state index contributed by atoms with van der Waals surface area (Å²) in [5.41, 5.74) is 2.20. The lowest BCUT2D eigenvalue weighted by atomic mass is 10.1. The van der Waals surface area contributed by atoms with Crippen molar-refractivity contribution in [3.63, 3.8) is 0 Å². The summed E-state index contributed by atoms with van der Waals surface area (Å²) in [6.45, 7) is 0.245. The average molecular weight is 345 g/mol. The van der Waals surface area contributed by atoms with Crippen molar-refractivity contribution in [3.8, 4) is 0 Å². The van der Waals surface area contributed by atoms with Crippen molar-refractivity contribution in [2.24, 2.45) is 0 Å². The van der Waals surface area contributed by atoms with Gasteiger partial charge in [-0.2, -0.15) is 0 Å². The van der Waals surface area contributed by atoms with Gasteiger partial charge in [0.05, 0.1) is 12.9 Å². The zero-order valence-electron chi connectivity index (χ0n) is 13.4. The lowest BCUT2D eigenvalue weighted by Crippen LogP contribution is -2.33. The molecule has 9 nitrogen and oxygen atoms in total. The van der Waals surface area contributed by atoms with Crippen LogP contribution in [0.5, 0.6) is 0 Å². The number of nitrogens with one attached hydrogen (secondary N) is 1. The van der Waals surface area contributed by atoms with E-state index in [1.807, 2.05) is 0 Å². The highest BCUT2D eigenvalue weighted by atomic mass is 16.6. The zero-order valence-corrected chi connectivity index (χ0v) is 13.4. The number of fused-ring (bicyclic) bond motifs is 1. The van der Waals surface area contributed by atoms with Crippen LogP contribution in [-0.2, 0) is 4.74 Å². The molecule has 1 aliphatic heterocycles. The molecule has 0 spiro atoms. The Morgan fingerprint density at radius 2 is 2.12 bits per heavy atom. The van der Waals surface area contributed by atoms with Gasteiger partial charge in [0.15, 0.2) is 23.2 Å². The van der Waals surface area contributed by atoms with Gasteiger partial charge in [-0.1, -0.05) is 18.2 Å². The molecule has 4 atom stereocenters. The molecule has 132 valence electrons. The molecule has 3 heterocycles. The summed E-state index contributed by atoms with van der Waals surface area (Å²) in [7, 11) is 0. The quantitative estimate of drug-likeness (QED) is 0.584. The number of aliphatic hydroxyl groups is 3. The summed E-state index contributed by atoms with van der Waals surface area (Å²) in [4.78, 5) is 12.8. The van der Waals surface area contributed by atoms with Gasteiger partial charge in [-0.25, -0.2) is 15.0 Å². The highest BCUT2D eigenvalue weighted by Crippen LogP contribution is 2.32. The number of aliphatic hydroxyl groups excluding tert-OH is 3. The number of rotatable bonds is 5. The summed E-state index contributed by atoms with van der Waals surface area (Å²) in [6, 6.07) is 0. The van der Waals surface area contributed by atoms with Crippen LogP contribution >= 0.6 is 0 Å². The van der Waals surface area contributed by atoms with Crippen LogP contribution in [0.3, 0.4) is 0 Å². The molecule has 2 aliphatic rings. The van der Waals surface area contributed by atoms with Gasteiger partial charge in [-0.3, -0.25) is 4.57 Å². The SMILES string of the molecule is OC[C@H]1O[C@@H](n2cnc3c(NCC4=CCC=C4)ncnc32)[C@@H](O)C1O. The van der Waals surface area contributed by atoms with E-state index in [4.69, 9.17) is 4.74 Å². The first-order valence-corrected chi connectivity index (χ1v) is 8.08.